The third kappa shape index (κ3) is 9.26. The van der Waals surface area contributed by atoms with E-state index in [4.69, 9.17) is 4.74 Å². The molecule has 0 bridgehead atoms. The van der Waals surface area contributed by atoms with Crippen molar-refractivity contribution in [2.24, 2.45) is 5.92 Å². The molecule has 0 aliphatic heterocycles. The van der Waals surface area contributed by atoms with Gasteiger partial charge >= 0.3 is 5.97 Å². The van der Waals surface area contributed by atoms with Crippen molar-refractivity contribution in [3.63, 3.8) is 0 Å². The van der Waals surface area contributed by atoms with Crippen molar-refractivity contribution in [3.8, 4) is 0 Å². The molecule has 0 aromatic rings. The first-order valence-corrected chi connectivity index (χ1v) is 5.37. The van der Waals surface area contributed by atoms with Crippen molar-refractivity contribution in [3.05, 3.63) is 24.8 Å². The first-order chi connectivity index (χ1) is 6.85. The number of carbonyl (C=O) groups is 1. The molecule has 0 saturated heterocycles. The first-order valence-electron chi connectivity index (χ1n) is 5.37. The Morgan fingerprint density at radius 1 is 1.47 bits per heavy atom. The van der Waals surface area contributed by atoms with Crippen molar-refractivity contribution in [1.82, 2.24) is 0 Å². The van der Waals surface area contributed by atoms with E-state index >= 15 is 0 Å². The molecule has 0 aromatic carbocycles. The molecule has 0 fully saturated rings. The minimum atomic E-state index is -0.407. The molecule has 86 valence electrons. The second kappa shape index (κ2) is 6.44. The Labute approximate surface area is 93.0 Å². The lowest BCUT2D eigenvalue weighted by Crippen LogP contribution is -2.22. The van der Waals surface area contributed by atoms with Gasteiger partial charge in [-0.05, 0) is 39.5 Å². The van der Waals surface area contributed by atoms with E-state index in [1.54, 1.807) is 0 Å². The molecule has 0 aromatic heterocycles. The Morgan fingerprint density at radius 2 is 2.07 bits per heavy atom. The Hall–Kier alpha value is -1.05. The van der Waals surface area contributed by atoms with E-state index in [0.717, 1.165) is 12.8 Å². The van der Waals surface area contributed by atoms with Gasteiger partial charge in [-0.1, -0.05) is 19.1 Å². The van der Waals surface area contributed by atoms with E-state index in [1.165, 1.54) is 6.08 Å². The van der Waals surface area contributed by atoms with Gasteiger partial charge in [0.05, 0.1) is 0 Å². The van der Waals surface area contributed by atoms with Gasteiger partial charge < -0.3 is 4.74 Å². The van der Waals surface area contributed by atoms with Crippen LogP contribution in [0.4, 0.5) is 0 Å². The number of allylic oxidation sites excluding steroid dienone is 2. The summed E-state index contributed by atoms with van der Waals surface area (Å²) in [5.74, 6) is 0.224. The Morgan fingerprint density at radius 3 is 2.53 bits per heavy atom. The van der Waals surface area contributed by atoms with Crippen molar-refractivity contribution < 1.29 is 9.53 Å². The van der Waals surface area contributed by atoms with Crippen LogP contribution in [0.2, 0.25) is 0 Å². The number of esters is 1. The molecule has 0 amide bonds. The van der Waals surface area contributed by atoms with E-state index in [9.17, 15) is 4.79 Å². The predicted octanol–water partition coefficient (Wildman–Crippen LogP) is 3.49. The molecule has 0 rings (SSSR count). The normalized spacial score (nSPS) is 13.9. The molecular formula is C13H22O2. The average molecular weight is 210 g/mol. The van der Waals surface area contributed by atoms with Gasteiger partial charge in [0, 0.05) is 6.08 Å². The highest BCUT2D eigenvalue weighted by Crippen LogP contribution is 2.09. The maximum absolute atomic E-state index is 11.2. The second-order valence-electron chi connectivity index (χ2n) is 4.73. The summed E-state index contributed by atoms with van der Waals surface area (Å²) in [5, 5.41) is 0. The molecule has 0 spiro atoms. The van der Waals surface area contributed by atoms with Crippen LogP contribution in [0.25, 0.3) is 0 Å². The zero-order valence-electron chi connectivity index (χ0n) is 10.2. The van der Waals surface area contributed by atoms with Gasteiger partial charge in [-0.2, -0.15) is 0 Å². The molecule has 15 heavy (non-hydrogen) atoms. The largest absolute Gasteiger partial charge is 0.457 e. The topological polar surface area (TPSA) is 26.3 Å². The third-order valence-electron chi connectivity index (χ3n) is 1.85. The highest BCUT2D eigenvalue weighted by molar-refractivity contribution is 5.82. The molecule has 0 saturated carbocycles. The quantitative estimate of drug-likeness (QED) is 0.394. The van der Waals surface area contributed by atoms with Crippen LogP contribution in [-0.4, -0.2) is 11.6 Å². The van der Waals surface area contributed by atoms with Gasteiger partial charge in [0.25, 0.3) is 0 Å². The van der Waals surface area contributed by atoms with Gasteiger partial charge in [0.15, 0.2) is 0 Å². The SMILES string of the molecule is C=CC(C)CCC=CC(=O)OC(C)(C)C. The molecule has 2 nitrogen and oxygen atoms in total. The zero-order chi connectivity index (χ0) is 11.9. The number of hydrogen-bond donors (Lipinski definition) is 0. The molecule has 0 heterocycles. The summed E-state index contributed by atoms with van der Waals surface area (Å²) in [5.41, 5.74) is -0.407. The third-order valence-corrected chi connectivity index (χ3v) is 1.85. The predicted molar refractivity (Wildman–Crippen MR) is 63.6 cm³/mol. The van der Waals surface area contributed by atoms with E-state index in [1.807, 2.05) is 32.9 Å². The lowest BCUT2D eigenvalue weighted by molar-refractivity contribution is -0.148. The second-order valence-corrected chi connectivity index (χ2v) is 4.73. The molecule has 1 atom stereocenters. The summed E-state index contributed by atoms with van der Waals surface area (Å²) in [6.45, 7) is 11.4. The minimum absolute atomic E-state index is 0.270. The molecule has 0 N–H and O–H groups in total. The molecule has 1 unspecified atom stereocenters. The monoisotopic (exact) mass is 210 g/mol. The fraction of sp³-hybridized carbons (Fsp3) is 0.615. The summed E-state index contributed by atoms with van der Waals surface area (Å²) in [6.07, 6.45) is 7.17. The van der Waals surface area contributed by atoms with Crippen molar-refractivity contribution in [2.45, 2.75) is 46.1 Å². The first kappa shape index (κ1) is 13.9. The minimum Gasteiger partial charge on any atom is -0.457 e. The summed E-state index contributed by atoms with van der Waals surface area (Å²) in [6, 6.07) is 0. The molecular weight excluding hydrogens is 188 g/mol. The molecule has 0 aliphatic rings. The van der Waals surface area contributed by atoms with Crippen LogP contribution >= 0.6 is 0 Å². The summed E-state index contributed by atoms with van der Waals surface area (Å²) in [7, 11) is 0. The highest BCUT2D eigenvalue weighted by atomic mass is 16.6. The van der Waals surface area contributed by atoms with Gasteiger partial charge in [0.2, 0.25) is 0 Å². The fourth-order valence-corrected chi connectivity index (χ4v) is 0.992. The smallest absolute Gasteiger partial charge is 0.330 e. The molecule has 2 heteroatoms. The maximum Gasteiger partial charge on any atom is 0.330 e. The number of rotatable bonds is 5. The lowest BCUT2D eigenvalue weighted by atomic mass is 10.1. The van der Waals surface area contributed by atoms with E-state index in [-0.39, 0.29) is 5.97 Å². The number of carbonyl (C=O) groups excluding carboxylic acids is 1. The summed E-state index contributed by atoms with van der Waals surface area (Å²) in [4.78, 5) is 11.2. The van der Waals surface area contributed by atoms with Gasteiger partial charge in [-0.25, -0.2) is 4.79 Å². The van der Waals surface area contributed by atoms with Crippen molar-refractivity contribution >= 4 is 5.97 Å². The van der Waals surface area contributed by atoms with Crippen LogP contribution in [0, 0.1) is 5.92 Å². The lowest BCUT2D eigenvalue weighted by Gasteiger charge is -2.17. The average Bonchev–Trinajstić information content (AvgIpc) is 2.09. The van der Waals surface area contributed by atoms with Crippen LogP contribution in [0.1, 0.15) is 40.5 Å². The Kier molecular flexibility index (Phi) is 5.99. The zero-order valence-corrected chi connectivity index (χ0v) is 10.2. The van der Waals surface area contributed by atoms with Gasteiger partial charge in [0.1, 0.15) is 5.60 Å². The van der Waals surface area contributed by atoms with Gasteiger partial charge in [-0.3, -0.25) is 0 Å². The van der Waals surface area contributed by atoms with Crippen LogP contribution in [0.5, 0.6) is 0 Å². The maximum atomic E-state index is 11.2. The van der Waals surface area contributed by atoms with E-state index in [2.05, 4.69) is 13.5 Å². The van der Waals surface area contributed by atoms with Gasteiger partial charge in [-0.15, -0.1) is 6.58 Å². The summed E-state index contributed by atoms with van der Waals surface area (Å²) < 4.78 is 5.13. The number of hydrogen-bond acceptors (Lipinski definition) is 2. The highest BCUT2D eigenvalue weighted by Gasteiger charge is 2.13. The Bertz CT molecular complexity index is 233. The number of ether oxygens (including phenoxy) is 1. The van der Waals surface area contributed by atoms with Crippen LogP contribution < -0.4 is 0 Å². The van der Waals surface area contributed by atoms with Crippen molar-refractivity contribution in [2.75, 3.05) is 0 Å². The fourth-order valence-electron chi connectivity index (χ4n) is 0.992. The van der Waals surface area contributed by atoms with E-state index in [0.29, 0.717) is 5.92 Å². The van der Waals surface area contributed by atoms with E-state index < -0.39 is 5.60 Å². The summed E-state index contributed by atoms with van der Waals surface area (Å²) >= 11 is 0. The van der Waals surface area contributed by atoms with Crippen LogP contribution in [-0.2, 0) is 9.53 Å². The molecule has 0 aliphatic carbocycles. The molecule has 0 radical (unpaired) electrons. The Balaban J connectivity index is 3.78. The van der Waals surface area contributed by atoms with Crippen LogP contribution in [0.15, 0.2) is 24.8 Å². The standard InChI is InChI=1S/C13H22O2/c1-6-11(2)9-7-8-10-12(14)15-13(3,4)5/h6,8,10-11H,1,7,9H2,2-5H3. The van der Waals surface area contributed by atoms with Crippen molar-refractivity contribution in [1.29, 1.82) is 0 Å². The van der Waals surface area contributed by atoms with Crippen LogP contribution in [0.3, 0.4) is 0 Å².